The third-order valence-electron chi connectivity index (χ3n) is 5.78. The van der Waals surface area contributed by atoms with Crippen molar-refractivity contribution in [1.29, 1.82) is 0 Å². The SMILES string of the molecule is O=C(O)CC1(CC2Cc3ccc(F)cc3N2)CSC(CSc2n[nH]c(-c3ccc(Cl)cc3)n2)=N1. The third-order valence-corrected chi connectivity index (χ3v) is 8.32. The Morgan fingerprint density at radius 3 is 2.91 bits per heavy atom. The molecule has 2 aliphatic heterocycles. The number of carboxylic acids is 1. The van der Waals surface area contributed by atoms with Crippen molar-refractivity contribution < 1.29 is 14.3 Å². The minimum Gasteiger partial charge on any atom is -0.481 e. The molecule has 0 fully saturated rings. The lowest BCUT2D eigenvalue weighted by atomic mass is 9.89. The highest BCUT2D eigenvalue weighted by Crippen LogP contribution is 2.39. The number of benzene rings is 2. The largest absolute Gasteiger partial charge is 0.481 e. The van der Waals surface area contributed by atoms with Crippen LogP contribution >= 0.6 is 35.1 Å². The van der Waals surface area contributed by atoms with Gasteiger partial charge in [-0.05, 0) is 54.8 Å². The lowest BCUT2D eigenvalue weighted by Gasteiger charge is -2.27. The van der Waals surface area contributed by atoms with Gasteiger partial charge in [-0.1, -0.05) is 29.4 Å². The number of carbonyl (C=O) groups is 1. The number of aromatic nitrogens is 3. The Hall–Kier alpha value is -2.56. The number of aliphatic carboxylic acids is 1. The molecule has 176 valence electrons. The number of hydrogen-bond donors (Lipinski definition) is 3. The maximum absolute atomic E-state index is 13.6. The molecule has 2 unspecified atom stereocenters. The van der Waals surface area contributed by atoms with Crippen molar-refractivity contribution in [2.75, 3.05) is 16.8 Å². The van der Waals surface area contributed by atoms with E-state index in [1.54, 1.807) is 30.0 Å². The average molecular weight is 518 g/mol. The zero-order valence-corrected chi connectivity index (χ0v) is 20.3. The van der Waals surface area contributed by atoms with E-state index in [0.29, 0.717) is 33.9 Å². The summed E-state index contributed by atoms with van der Waals surface area (Å²) in [6.45, 7) is 0. The quantitative estimate of drug-likeness (QED) is 0.355. The van der Waals surface area contributed by atoms with Gasteiger partial charge in [0.25, 0.3) is 0 Å². The molecular formula is C23H21ClFN5O2S2. The van der Waals surface area contributed by atoms with Crippen molar-refractivity contribution in [3.05, 3.63) is 58.9 Å². The summed E-state index contributed by atoms with van der Waals surface area (Å²) in [6, 6.07) is 12.1. The molecule has 0 saturated carbocycles. The Labute approximate surface area is 209 Å². The first-order valence-electron chi connectivity index (χ1n) is 10.7. The van der Waals surface area contributed by atoms with Crippen LogP contribution in [0.5, 0.6) is 0 Å². The van der Waals surface area contributed by atoms with Gasteiger partial charge in [-0.25, -0.2) is 9.37 Å². The highest BCUT2D eigenvalue weighted by atomic mass is 35.5. The van der Waals surface area contributed by atoms with Crippen LogP contribution in [0.2, 0.25) is 5.02 Å². The number of nitrogens with zero attached hydrogens (tertiary/aromatic N) is 3. The Morgan fingerprint density at radius 1 is 1.29 bits per heavy atom. The molecule has 3 aromatic rings. The molecule has 2 aromatic carbocycles. The molecule has 0 aliphatic carbocycles. The molecule has 2 atom stereocenters. The maximum Gasteiger partial charge on any atom is 0.305 e. The second-order valence-corrected chi connectivity index (χ2v) is 10.8. The van der Waals surface area contributed by atoms with Gasteiger partial charge in [0.1, 0.15) is 5.82 Å². The van der Waals surface area contributed by atoms with E-state index in [9.17, 15) is 14.3 Å². The summed E-state index contributed by atoms with van der Waals surface area (Å²) >= 11 is 8.98. The lowest BCUT2D eigenvalue weighted by molar-refractivity contribution is -0.138. The Bertz CT molecular complexity index is 1250. The van der Waals surface area contributed by atoms with E-state index < -0.39 is 11.5 Å². The predicted octanol–water partition coefficient (Wildman–Crippen LogP) is 5.14. The maximum atomic E-state index is 13.6. The monoisotopic (exact) mass is 517 g/mol. The van der Waals surface area contributed by atoms with Crippen LogP contribution in [0.1, 0.15) is 18.4 Å². The Balaban J connectivity index is 1.25. The number of fused-ring (bicyclic) bond motifs is 1. The van der Waals surface area contributed by atoms with Gasteiger partial charge in [0.05, 0.1) is 17.0 Å². The number of halogens is 2. The van der Waals surface area contributed by atoms with Gasteiger partial charge < -0.3 is 10.4 Å². The molecule has 11 heteroatoms. The summed E-state index contributed by atoms with van der Waals surface area (Å²) in [7, 11) is 0. The third kappa shape index (κ3) is 5.24. The van der Waals surface area contributed by atoms with Crippen LogP contribution < -0.4 is 5.32 Å². The van der Waals surface area contributed by atoms with Gasteiger partial charge in [0, 0.05) is 33.8 Å². The smallest absolute Gasteiger partial charge is 0.305 e. The molecule has 5 rings (SSSR count). The van der Waals surface area contributed by atoms with Crippen LogP contribution in [0.4, 0.5) is 10.1 Å². The number of carboxylic acid groups (broad SMARTS) is 1. The highest BCUT2D eigenvalue weighted by Gasteiger charge is 2.41. The Kier molecular flexibility index (Phi) is 6.54. The van der Waals surface area contributed by atoms with Gasteiger partial charge in [-0.2, -0.15) is 0 Å². The van der Waals surface area contributed by atoms with Crippen LogP contribution in [0.25, 0.3) is 11.4 Å². The fourth-order valence-electron chi connectivity index (χ4n) is 4.32. The number of rotatable bonds is 8. The molecule has 0 amide bonds. The van der Waals surface area contributed by atoms with Crippen molar-refractivity contribution in [3.8, 4) is 11.4 Å². The summed E-state index contributed by atoms with van der Waals surface area (Å²) in [6.07, 6.45) is 1.25. The highest BCUT2D eigenvalue weighted by molar-refractivity contribution is 8.16. The predicted molar refractivity (Wildman–Crippen MR) is 135 cm³/mol. The molecule has 7 nitrogen and oxygen atoms in total. The zero-order valence-electron chi connectivity index (χ0n) is 17.9. The fourth-order valence-corrected chi connectivity index (χ4v) is 6.52. The van der Waals surface area contributed by atoms with E-state index in [-0.39, 0.29) is 18.3 Å². The molecule has 1 aromatic heterocycles. The number of anilines is 1. The molecule has 3 heterocycles. The molecule has 34 heavy (non-hydrogen) atoms. The summed E-state index contributed by atoms with van der Waals surface area (Å²) in [5, 5.41) is 22.2. The van der Waals surface area contributed by atoms with Gasteiger partial charge in [-0.15, -0.1) is 16.9 Å². The summed E-state index contributed by atoms with van der Waals surface area (Å²) < 4.78 is 13.6. The number of hydrogen-bond acceptors (Lipinski definition) is 7. The number of aliphatic imine (C=N–C) groups is 1. The van der Waals surface area contributed by atoms with Gasteiger partial charge in [0.2, 0.25) is 5.16 Å². The zero-order chi connectivity index (χ0) is 23.7. The minimum atomic E-state index is -0.874. The Morgan fingerprint density at radius 2 is 2.12 bits per heavy atom. The fraction of sp³-hybridized carbons (Fsp3) is 0.304. The van der Waals surface area contributed by atoms with E-state index in [0.717, 1.165) is 28.3 Å². The van der Waals surface area contributed by atoms with Crippen molar-refractivity contribution in [2.24, 2.45) is 4.99 Å². The molecule has 3 N–H and O–H groups in total. The first-order chi connectivity index (χ1) is 16.4. The summed E-state index contributed by atoms with van der Waals surface area (Å²) in [5.74, 6) is 0.660. The normalized spacial score (nSPS) is 21.2. The standard InChI is InChI=1S/C23H21ClFN5O2S2/c24-15-4-1-13(2-5-15)21-27-22(30-29-21)33-11-19-28-23(12-34-19,10-20(31)32)9-17-7-14-3-6-16(25)8-18(14)26-17/h1-6,8,17,26H,7,9-12H2,(H,31,32)(H,27,29,30). The molecule has 2 aliphatic rings. The molecule has 0 spiro atoms. The van der Waals surface area contributed by atoms with Crippen molar-refractivity contribution in [2.45, 2.75) is 36.0 Å². The second-order valence-electron chi connectivity index (χ2n) is 8.40. The van der Waals surface area contributed by atoms with Crippen molar-refractivity contribution >= 4 is 51.8 Å². The van der Waals surface area contributed by atoms with Crippen molar-refractivity contribution in [3.63, 3.8) is 0 Å². The van der Waals surface area contributed by atoms with Crippen LogP contribution in [0.3, 0.4) is 0 Å². The van der Waals surface area contributed by atoms with E-state index in [4.69, 9.17) is 16.6 Å². The van der Waals surface area contributed by atoms with Gasteiger partial charge in [0.15, 0.2) is 5.82 Å². The van der Waals surface area contributed by atoms with Crippen LogP contribution in [-0.2, 0) is 11.2 Å². The average Bonchev–Trinajstić information content (AvgIpc) is 3.51. The van der Waals surface area contributed by atoms with Crippen LogP contribution in [0, 0.1) is 5.82 Å². The van der Waals surface area contributed by atoms with Gasteiger partial charge in [-0.3, -0.25) is 14.9 Å². The molecule has 0 radical (unpaired) electrons. The van der Waals surface area contributed by atoms with E-state index in [1.165, 1.54) is 23.9 Å². The number of thioether (sulfide) groups is 2. The van der Waals surface area contributed by atoms with E-state index >= 15 is 0 Å². The van der Waals surface area contributed by atoms with Crippen LogP contribution in [0.15, 0.2) is 52.6 Å². The molecular weight excluding hydrogens is 497 g/mol. The topological polar surface area (TPSA) is 103 Å². The summed E-state index contributed by atoms with van der Waals surface area (Å²) in [5.41, 5.74) is 2.02. The first-order valence-corrected chi connectivity index (χ1v) is 13.0. The summed E-state index contributed by atoms with van der Waals surface area (Å²) in [4.78, 5) is 21.1. The number of H-pyrrole nitrogens is 1. The first kappa shape index (κ1) is 23.2. The number of nitrogens with one attached hydrogen (secondary N) is 2. The minimum absolute atomic E-state index is 0.0162. The van der Waals surface area contributed by atoms with Crippen molar-refractivity contribution in [1.82, 2.24) is 15.2 Å². The van der Waals surface area contributed by atoms with E-state index in [2.05, 4.69) is 20.5 Å². The second kappa shape index (κ2) is 9.59. The van der Waals surface area contributed by atoms with Gasteiger partial charge >= 0.3 is 5.97 Å². The number of aromatic amines is 1. The molecule has 0 bridgehead atoms. The lowest BCUT2D eigenvalue weighted by Crippen LogP contribution is -2.37. The molecule has 0 saturated heterocycles. The van der Waals surface area contributed by atoms with E-state index in [1.807, 2.05) is 12.1 Å². The van der Waals surface area contributed by atoms with Crippen LogP contribution in [-0.4, -0.2) is 54.4 Å².